The molecule has 3 aliphatic carbocycles. The number of aliphatic carboxylic acids is 1. The van der Waals surface area contributed by atoms with Crippen molar-refractivity contribution in [3.63, 3.8) is 0 Å². The molecule has 0 aliphatic heterocycles. The van der Waals surface area contributed by atoms with Crippen LogP contribution in [0, 0.1) is 5.41 Å². The van der Waals surface area contributed by atoms with Gasteiger partial charge in [0.15, 0.2) is 0 Å². The van der Waals surface area contributed by atoms with Gasteiger partial charge in [-0.25, -0.2) is 0 Å². The third-order valence-electron chi connectivity index (χ3n) is 3.92. The number of hydrogen-bond acceptors (Lipinski definition) is 1. The predicted molar refractivity (Wildman–Crippen MR) is 50.9 cm³/mol. The largest absolute Gasteiger partial charge is 0.481 e. The molecule has 2 atom stereocenters. The minimum absolute atomic E-state index is 0.228. The Bertz CT molecular complexity index is 527. The van der Waals surface area contributed by atoms with Gasteiger partial charge in [0.25, 0.3) is 0 Å². The maximum Gasteiger partial charge on any atom is 0.315 e. The van der Waals surface area contributed by atoms with E-state index in [-0.39, 0.29) is 5.92 Å². The van der Waals surface area contributed by atoms with Crippen molar-refractivity contribution in [1.29, 1.82) is 0 Å². The van der Waals surface area contributed by atoms with Crippen LogP contribution in [0.3, 0.4) is 0 Å². The summed E-state index contributed by atoms with van der Waals surface area (Å²) in [4.78, 5) is 11.2. The van der Waals surface area contributed by atoms with Gasteiger partial charge in [0.1, 0.15) is 5.41 Å². The number of carboxylic acid groups (broad SMARTS) is 1. The molecule has 1 aromatic rings. The van der Waals surface area contributed by atoms with E-state index in [0.29, 0.717) is 6.42 Å². The molecule has 4 rings (SSSR count). The van der Waals surface area contributed by atoms with Crippen LogP contribution in [0.2, 0.25) is 0 Å². The quantitative estimate of drug-likeness (QED) is 0.722. The highest BCUT2D eigenvalue weighted by Gasteiger charge is 2.72. The Hall–Kier alpha value is -1.57. The standard InChI is InChI=1S/C12H8O2/c13-11(14)12-5-7-3-1-2-6-4-8(12)10(12)9(6)7/h1-4,10H,5H2,(H,13,14). The van der Waals surface area contributed by atoms with E-state index in [1.807, 2.05) is 6.07 Å². The molecular weight excluding hydrogens is 176 g/mol. The SMILES string of the molecule is O=C(O)C12Cc3cccc4c3C1C2=C4. The zero-order valence-corrected chi connectivity index (χ0v) is 7.45. The van der Waals surface area contributed by atoms with E-state index in [1.54, 1.807) is 0 Å². The van der Waals surface area contributed by atoms with Gasteiger partial charge in [0, 0.05) is 5.92 Å². The topological polar surface area (TPSA) is 37.3 Å². The Labute approximate surface area is 80.9 Å². The van der Waals surface area contributed by atoms with Gasteiger partial charge in [-0.1, -0.05) is 24.3 Å². The van der Waals surface area contributed by atoms with Crippen molar-refractivity contribution in [3.05, 3.63) is 40.5 Å². The second-order valence-electron chi connectivity index (χ2n) is 4.41. The second kappa shape index (κ2) is 1.65. The number of benzene rings is 1. The van der Waals surface area contributed by atoms with Crippen LogP contribution in [0.1, 0.15) is 22.6 Å². The highest BCUT2D eigenvalue weighted by atomic mass is 16.4. The monoisotopic (exact) mass is 184 g/mol. The zero-order valence-electron chi connectivity index (χ0n) is 7.45. The fourth-order valence-corrected chi connectivity index (χ4v) is 3.27. The van der Waals surface area contributed by atoms with Crippen LogP contribution in [0.5, 0.6) is 0 Å². The average Bonchev–Trinajstić information content (AvgIpc) is 2.59. The van der Waals surface area contributed by atoms with Gasteiger partial charge in [-0.3, -0.25) is 4.79 Å². The molecule has 2 nitrogen and oxygen atoms in total. The zero-order chi connectivity index (χ0) is 9.50. The molecule has 68 valence electrons. The minimum atomic E-state index is -0.643. The maximum absolute atomic E-state index is 11.2. The van der Waals surface area contributed by atoms with E-state index in [4.69, 9.17) is 0 Å². The van der Waals surface area contributed by atoms with Crippen molar-refractivity contribution >= 4 is 12.0 Å². The Morgan fingerprint density at radius 3 is 3.14 bits per heavy atom. The fraction of sp³-hybridized carbons (Fsp3) is 0.250. The number of hydrogen-bond donors (Lipinski definition) is 1. The number of carbonyl (C=O) groups is 1. The van der Waals surface area contributed by atoms with Crippen LogP contribution in [0.25, 0.3) is 6.08 Å². The summed E-state index contributed by atoms with van der Waals surface area (Å²) in [7, 11) is 0. The highest BCUT2D eigenvalue weighted by molar-refractivity contribution is 5.98. The lowest BCUT2D eigenvalue weighted by Gasteiger charge is -2.03. The van der Waals surface area contributed by atoms with E-state index >= 15 is 0 Å². The van der Waals surface area contributed by atoms with E-state index in [9.17, 15) is 9.90 Å². The van der Waals surface area contributed by atoms with Gasteiger partial charge in [-0.05, 0) is 28.7 Å². The van der Waals surface area contributed by atoms with Crippen molar-refractivity contribution in [3.8, 4) is 0 Å². The molecule has 14 heavy (non-hydrogen) atoms. The Balaban J connectivity index is 2.06. The Kier molecular flexibility index (Phi) is 0.805. The summed E-state index contributed by atoms with van der Waals surface area (Å²) in [6.07, 6.45) is 2.78. The third-order valence-corrected chi connectivity index (χ3v) is 3.92. The van der Waals surface area contributed by atoms with Gasteiger partial charge in [0.05, 0.1) is 0 Å². The molecule has 2 unspecified atom stereocenters. The molecule has 0 radical (unpaired) electrons. The molecule has 1 aromatic carbocycles. The Morgan fingerprint density at radius 2 is 2.36 bits per heavy atom. The smallest absolute Gasteiger partial charge is 0.315 e. The summed E-state index contributed by atoms with van der Waals surface area (Å²) < 4.78 is 0. The molecule has 0 aromatic heterocycles. The fourth-order valence-electron chi connectivity index (χ4n) is 3.27. The van der Waals surface area contributed by atoms with Crippen LogP contribution in [-0.2, 0) is 11.2 Å². The first-order chi connectivity index (χ1) is 6.75. The van der Waals surface area contributed by atoms with Crippen molar-refractivity contribution in [2.45, 2.75) is 12.3 Å². The van der Waals surface area contributed by atoms with Crippen LogP contribution in [0.15, 0.2) is 23.8 Å². The molecule has 1 N–H and O–H groups in total. The molecule has 3 aliphatic rings. The lowest BCUT2D eigenvalue weighted by molar-refractivity contribution is -0.142. The summed E-state index contributed by atoms with van der Waals surface area (Å²) in [5.41, 5.74) is 4.41. The predicted octanol–water partition coefficient (Wildman–Crippen LogP) is 1.81. The van der Waals surface area contributed by atoms with Gasteiger partial charge in [0.2, 0.25) is 0 Å². The summed E-state index contributed by atoms with van der Waals surface area (Å²) in [6, 6.07) is 6.16. The first kappa shape index (κ1) is 6.82. The van der Waals surface area contributed by atoms with Gasteiger partial charge in [-0.15, -0.1) is 0 Å². The summed E-state index contributed by atoms with van der Waals surface area (Å²) in [5, 5.41) is 9.25. The van der Waals surface area contributed by atoms with Gasteiger partial charge < -0.3 is 5.11 Å². The third kappa shape index (κ3) is 0.449. The summed E-state index contributed by atoms with van der Waals surface area (Å²) >= 11 is 0. The number of rotatable bonds is 1. The van der Waals surface area contributed by atoms with Crippen LogP contribution in [0.4, 0.5) is 0 Å². The molecule has 1 fully saturated rings. The normalized spacial score (nSPS) is 34.0. The van der Waals surface area contributed by atoms with E-state index < -0.39 is 11.4 Å². The van der Waals surface area contributed by atoms with Crippen LogP contribution in [-0.4, -0.2) is 11.1 Å². The molecular formula is C12H8O2. The molecule has 2 heteroatoms. The lowest BCUT2D eigenvalue weighted by atomic mass is 10.0. The van der Waals surface area contributed by atoms with E-state index in [0.717, 1.165) is 5.57 Å². The van der Waals surface area contributed by atoms with Crippen molar-refractivity contribution in [2.24, 2.45) is 5.41 Å². The summed E-state index contributed by atoms with van der Waals surface area (Å²) in [5.74, 6) is -0.415. The second-order valence-corrected chi connectivity index (χ2v) is 4.41. The van der Waals surface area contributed by atoms with Crippen molar-refractivity contribution in [1.82, 2.24) is 0 Å². The van der Waals surface area contributed by atoms with Crippen molar-refractivity contribution in [2.75, 3.05) is 0 Å². The van der Waals surface area contributed by atoms with E-state index in [1.165, 1.54) is 16.7 Å². The molecule has 1 saturated carbocycles. The van der Waals surface area contributed by atoms with Crippen LogP contribution < -0.4 is 0 Å². The van der Waals surface area contributed by atoms with Crippen LogP contribution >= 0.6 is 0 Å². The minimum Gasteiger partial charge on any atom is -0.481 e. The summed E-state index contributed by atoms with van der Waals surface area (Å²) in [6.45, 7) is 0. The molecule has 0 saturated heterocycles. The molecule has 0 amide bonds. The first-order valence-electron chi connectivity index (χ1n) is 4.82. The maximum atomic E-state index is 11.2. The van der Waals surface area contributed by atoms with Gasteiger partial charge >= 0.3 is 5.97 Å². The van der Waals surface area contributed by atoms with Gasteiger partial charge in [-0.2, -0.15) is 0 Å². The lowest BCUT2D eigenvalue weighted by Crippen LogP contribution is -2.16. The molecule has 0 spiro atoms. The molecule has 0 bridgehead atoms. The number of carboxylic acids is 1. The van der Waals surface area contributed by atoms with E-state index in [2.05, 4.69) is 18.2 Å². The molecule has 0 heterocycles. The highest BCUT2D eigenvalue weighted by Crippen LogP contribution is 2.75. The van der Waals surface area contributed by atoms with Crippen molar-refractivity contribution < 1.29 is 9.90 Å². The number of fused-ring (bicyclic) bond motifs is 1. The average molecular weight is 184 g/mol. The first-order valence-corrected chi connectivity index (χ1v) is 4.82. The Morgan fingerprint density at radius 1 is 1.50 bits per heavy atom.